The van der Waals surface area contributed by atoms with Crippen LogP contribution in [0.4, 0.5) is 5.69 Å². The monoisotopic (exact) mass is 277 g/mol. The molecule has 94 valence electrons. The van der Waals surface area contributed by atoms with Crippen LogP contribution in [-0.2, 0) is 9.84 Å². The summed E-state index contributed by atoms with van der Waals surface area (Å²) in [5.41, 5.74) is -0.232. The normalized spacial score (nSPS) is 13.3. The van der Waals surface area contributed by atoms with Crippen molar-refractivity contribution in [1.29, 1.82) is 0 Å². The van der Waals surface area contributed by atoms with Gasteiger partial charge in [-0.15, -0.1) is 11.6 Å². The number of benzene rings is 1. The van der Waals surface area contributed by atoms with Crippen LogP contribution in [0.1, 0.15) is 13.3 Å². The van der Waals surface area contributed by atoms with Gasteiger partial charge in [0.1, 0.15) is 0 Å². The van der Waals surface area contributed by atoms with Gasteiger partial charge in [-0.1, -0.05) is 6.07 Å². The zero-order valence-electron chi connectivity index (χ0n) is 9.17. The van der Waals surface area contributed by atoms with Crippen LogP contribution in [0.3, 0.4) is 0 Å². The molecule has 1 atom stereocenters. The molecule has 0 bridgehead atoms. The smallest absolute Gasteiger partial charge is 0.258 e. The van der Waals surface area contributed by atoms with Crippen molar-refractivity contribution in [3.05, 3.63) is 34.4 Å². The Labute approximate surface area is 104 Å². The highest BCUT2D eigenvalue weighted by Crippen LogP contribution is 2.22. The first-order valence-electron chi connectivity index (χ1n) is 4.94. The molecule has 0 aliphatic heterocycles. The molecule has 0 heterocycles. The Balaban J connectivity index is 3.15. The van der Waals surface area contributed by atoms with E-state index in [1.807, 2.05) is 0 Å². The predicted molar refractivity (Wildman–Crippen MR) is 65.1 cm³/mol. The lowest BCUT2D eigenvalue weighted by Gasteiger charge is -2.10. The van der Waals surface area contributed by atoms with Gasteiger partial charge in [-0.3, -0.25) is 10.1 Å². The number of nitro groups is 1. The highest BCUT2D eigenvalue weighted by Gasteiger charge is 2.24. The fourth-order valence-corrected chi connectivity index (χ4v) is 3.22. The van der Waals surface area contributed by atoms with Gasteiger partial charge in [0.2, 0.25) is 0 Å². The van der Waals surface area contributed by atoms with Gasteiger partial charge in [-0.05, 0) is 19.4 Å². The minimum Gasteiger partial charge on any atom is -0.258 e. The molecule has 0 radical (unpaired) electrons. The second-order valence-electron chi connectivity index (χ2n) is 3.59. The van der Waals surface area contributed by atoms with Crippen LogP contribution in [0.5, 0.6) is 0 Å². The van der Waals surface area contributed by atoms with Crippen molar-refractivity contribution in [3.8, 4) is 0 Å². The molecule has 17 heavy (non-hydrogen) atoms. The van der Waals surface area contributed by atoms with Gasteiger partial charge in [-0.25, -0.2) is 8.42 Å². The average Bonchev–Trinajstić information content (AvgIpc) is 2.29. The Morgan fingerprint density at radius 3 is 2.65 bits per heavy atom. The van der Waals surface area contributed by atoms with Crippen LogP contribution in [-0.4, -0.2) is 24.5 Å². The predicted octanol–water partition coefficient (Wildman–Crippen LogP) is 2.39. The molecule has 0 amide bonds. The van der Waals surface area contributed by atoms with Gasteiger partial charge in [0.05, 0.1) is 15.1 Å². The molecule has 0 spiro atoms. The summed E-state index contributed by atoms with van der Waals surface area (Å²) in [5, 5.41) is 9.91. The first-order chi connectivity index (χ1) is 7.89. The van der Waals surface area contributed by atoms with Crippen LogP contribution in [0.25, 0.3) is 0 Å². The van der Waals surface area contributed by atoms with Crippen molar-refractivity contribution >= 4 is 27.1 Å². The van der Waals surface area contributed by atoms with Gasteiger partial charge in [0.15, 0.2) is 9.84 Å². The van der Waals surface area contributed by atoms with E-state index in [1.165, 1.54) is 25.1 Å². The van der Waals surface area contributed by atoms with Crippen molar-refractivity contribution in [2.24, 2.45) is 0 Å². The third-order valence-electron chi connectivity index (χ3n) is 2.40. The van der Waals surface area contributed by atoms with Gasteiger partial charge >= 0.3 is 0 Å². The van der Waals surface area contributed by atoms with Gasteiger partial charge in [0, 0.05) is 18.0 Å². The topological polar surface area (TPSA) is 77.3 Å². The van der Waals surface area contributed by atoms with E-state index in [9.17, 15) is 18.5 Å². The summed E-state index contributed by atoms with van der Waals surface area (Å²) in [5.74, 6) is 0.231. The first-order valence-corrected chi connectivity index (χ1v) is 7.02. The van der Waals surface area contributed by atoms with E-state index in [0.29, 0.717) is 6.42 Å². The molecule has 0 fully saturated rings. The number of rotatable bonds is 5. The maximum absolute atomic E-state index is 12.0. The standard InChI is InChI=1S/C10H12ClNO4S/c1-8(5-6-11)17(15,16)10-4-2-3-9(7-10)12(13)14/h2-4,7-8H,5-6H2,1H3. The summed E-state index contributed by atoms with van der Waals surface area (Å²) in [6.07, 6.45) is 0.312. The number of hydrogen-bond acceptors (Lipinski definition) is 4. The molecule has 1 rings (SSSR count). The number of nitrogens with zero attached hydrogens (tertiary/aromatic N) is 1. The van der Waals surface area contributed by atoms with Crippen LogP contribution < -0.4 is 0 Å². The van der Waals surface area contributed by atoms with E-state index in [4.69, 9.17) is 11.6 Å². The van der Waals surface area contributed by atoms with E-state index in [-0.39, 0.29) is 16.5 Å². The third-order valence-corrected chi connectivity index (χ3v) is 4.83. The Morgan fingerprint density at radius 2 is 2.12 bits per heavy atom. The first kappa shape index (κ1) is 13.9. The van der Waals surface area contributed by atoms with E-state index < -0.39 is 20.0 Å². The van der Waals surface area contributed by atoms with Crippen molar-refractivity contribution in [1.82, 2.24) is 0 Å². The Kier molecular flexibility index (Phi) is 4.47. The largest absolute Gasteiger partial charge is 0.270 e. The number of halogens is 1. The summed E-state index contributed by atoms with van der Waals surface area (Å²) >= 11 is 5.50. The lowest BCUT2D eigenvalue weighted by molar-refractivity contribution is -0.385. The molecule has 0 saturated heterocycles. The van der Waals surface area contributed by atoms with E-state index in [0.717, 1.165) is 6.07 Å². The van der Waals surface area contributed by atoms with Crippen LogP contribution in [0.15, 0.2) is 29.2 Å². The van der Waals surface area contributed by atoms with Gasteiger partial charge in [-0.2, -0.15) is 0 Å². The summed E-state index contributed by atoms with van der Waals surface area (Å²) < 4.78 is 24.0. The number of hydrogen-bond donors (Lipinski definition) is 0. The highest BCUT2D eigenvalue weighted by molar-refractivity contribution is 7.92. The molecule has 1 aromatic rings. The minimum atomic E-state index is -3.55. The zero-order valence-corrected chi connectivity index (χ0v) is 10.7. The second-order valence-corrected chi connectivity index (χ2v) is 6.33. The van der Waals surface area contributed by atoms with Gasteiger partial charge < -0.3 is 0 Å². The van der Waals surface area contributed by atoms with Crippen molar-refractivity contribution in [3.63, 3.8) is 0 Å². The van der Waals surface area contributed by atoms with Crippen molar-refractivity contribution in [2.75, 3.05) is 5.88 Å². The molecule has 0 saturated carbocycles. The van der Waals surface area contributed by atoms with Crippen molar-refractivity contribution in [2.45, 2.75) is 23.5 Å². The van der Waals surface area contributed by atoms with Crippen LogP contribution in [0, 0.1) is 10.1 Å². The average molecular weight is 278 g/mol. The molecular weight excluding hydrogens is 266 g/mol. The molecule has 5 nitrogen and oxygen atoms in total. The summed E-state index contributed by atoms with van der Waals surface area (Å²) in [6.45, 7) is 1.54. The molecule has 7 heteroatoms. The third kappa shape index (κ3) is 3.17. The fraction of sp³-hybridized carbons (Fsp3) is 0.400. The quantitative estimate of drug-likeness (QED) is 0.470. The molecule has 0 N–H and O–H groups in total. The lowest BCUT2D eigenvalue weighted by atomic mass is 10.3. The number of sulfone groups is 1. The SMILES string of the molecule is CC(CCCl)S(=O)(=O)c1cccc([N+](=O)[O-])c1. The van der Waals surface area contributed by atoms with E-state index in [2.05, 4.69) is 0 Å². The molecule has 0 aliphatic rings. The van der Waals surface area contributed by atoms with E-state index >= 15 is 0 Å². The molecule has 0 aromatic heterocycles. The maximum Gasteiger partial charge on any atom is 0.270 e. The van der Waals surface area contributed by atoms with E-state index in [1.54, 1.807) is 0 Å². The minimum absolute atomic E-state index is 0.0377. The van der Waals surface area contributed by atoms with Gasteiger partial charge in [0.25, 0.3) is 5.69 Å². The number of alkyl halides is 1. The Morgan fingerprint density at radius 1 is 1.47 bits per heavy atom. The van der Waals surface area contributed by atoms with Crippen molar-refractivity contribution < 1.29 is 13.3 Å². The highest BCUT2D eigenvalue weighted by atomic mass is 35.5. The van der Waals surface area contributed by atoms with Crippen LogP contribution >= 0.6 is 11.6 Å². The molecule has 1 aromatic carbocycles. The molecule has 1 unspecified atom stereocenters. The molecular formula is C10H12ClNO4S. The summed E-state index contributed by atoms with van der Waals surface area (Å²) in [6, 6.07) is 5.04. The second kappa shape index (κ2) is 5.46. The van der Waals surface area contributed by atoms with Crippen LogP contribution in [0.2, 0.25) is 0 Å². The Bertz CT molecular complexity index is 515. The summed E-state index contributed by atoms with van der Waals surface area (Å²) in [7, 11) is -3.55. The number of non-ortho nitro benzene ring substituents is 1. The number of nitro benzene ring substituents is 1. The zero-order chi connectivity index (χ0) is 13.1. The fourth-order valence-electron chi connectivity index (χ4n) is 1.32. The lowest BCUT2D eigenvalue weighted by Crippen LogP contribution is -2.18. The summed E-state index contributed by atoms with van der Waals surface area (Å²) in [4.78, 5) is 9.91. The maximum atomic E-state index is 12.0. The molecule has 0 aliphatic carbocycles. The Hall–Kier alpha value is -1.14.